The fraction of sp³-hybridized carbons (Fsp3) is 0.190. The maximum atomic E-state index is 12.6. The number of esters is 1. The molecule has 4 aromatic rings. The number of rotatable bonds is 7. The van der Waals surface area contributed by atoms with Crippen LogP contribution >= 0.6 is 0 Å². The van der Waals surface area contributed by atoms with Crippen molar-refractivity contribution in [3.63, 3.8) is 0 Å². The third kappa shape index (κ3) is 3.65. The lowest BCUT2D eigenvalue weighted by Gasteiger charge is -2.03. The topological polar surface area (TPSA) is 87.6 Å². The molecule has 0 aliphatic rings. The number of benzene rings is 2. The molecule has 0 amide bonds. The van der Waals surface area contributed by atoms with Crippen molar-refractivity contribution in [1.82, 2.24) is 10.2 Å². The lowest BCUT2D eigenvalue weighted by Crippen LogP contribution is -2.08. The molecule has 7 nitrogen and oxygen atoms in total. The highest BCUT2D eigenvalue weighted by atomic mass is 16.6. The number of carbonyl (C=O) groups excluding carboxylic acids is 1. The van der Waals surface area contributed by atoms with Crippen molar-refractivity contribution in [2.45, 2.75) is 20.1 Å². The molecular formula is C21H18N2O5. The van der Waals surface area contributed by atoms with Crippen molar-refractivity contribution in [1.29, 1.82) is 0 Å². The van der Waals surface area contributed by atoms with Gasteiger partial charge in [-0.1, -0.05) is 36.4 Å². The number of ether oxygens (including phenoxy) is 2. The highest BCUT2D eigenvalue weighted by molar-refractivity contribution is 5.96. The lowest BCUT2D eigenvalue weighted by molar-refractivity contribution is 0.0396. The van der Waals surface area contributed by atoms with Crippen LogP contribution in [0, 0.1) is 0 Å². The Labute approximate surface area is 160 Å². The minimum absolute atomic E-state index is 0.123. The second-order valence-electron chi connectivity index (χ2n) is 5.99. The second-order valence-corrected chi connectivity index (χ2v) is 5.99. The van der Waals surface area contributed by atoms with Crippen molar-refractivity contribution in [2.24, 2.45) is 0 Å². The molecule has 2 aromatic heterocycles. The van der Waals surface area contributed by atoms with E-state index in [9.17, 15) is 4.79 Å². The number of nitrogens with zero attached hydrogens (tertiary/aromatic N) is 2. The summed E-state index contributed by atoms with van der Waals surface area (Å²) in [5.41, 5.74) is 2.06. The zero-order valence-electron chi connectivity index (χ0n) is 15.3. The molecule has 2 heterocycles. The molecule has 0 aliphatic carbocycles. The Morgan fingerprint density at radius 3 is 2.57 bits per heavy atom. The SMILES string of the molecule is CCOCc1c(C(=O)OCc2nnc(-c3ccccc3)o2)oc2ccccc12. The maximum Gasteiger partial charge on any atom is 0.375 e. The van der Waals surface area contributed by atoms with Gasteiger partial charge in [-0.05, 0) is 25.1 Å². The van der Waals surface area contributed by atoms with E-state index in [0.29, 0.717) is 23.6 Å². The van der Waals surface area contributed by atoms with Crippen molar-refractivity contribution in [2.75, 3.05) is 6.61 Å². The van der Waals surface area contributed by atoms with Gasteiger partial charge in [0, 0.05) is 23.1 Å². The molecule has 0 radical (unpaired) electrons. The van der Waals surface area contributed by atoms with E-state index in [0.717, 1.165) is 10.9 Å². The Bertz CT molecular complexity index is 1080. The van der Waals surface area contributed by atoms with Crippen molar-refractivity contribution in [3.05, 3.63) is 71.8 Å². The molecular weight excluding hydrogens is 360 g/mol. The van der Waals surface area contributed by atoms with Crippen LogP contribution in [-0.2, 0) is 22.7 Å². The molecule has 0 bridgehead atoms. The van der Waals surface area contributed by atoms with Crippen LogP contribution in [0.2, 0.25) is 0 Å². The Morgan fingerprint density at radius 1 is 0.964 bits per heavy atom. The highest BCUT2D eigenvalue weighted by Crippen LogP contribution is 2.27. The zero-order valence-corrected chi connectivity index (χ0v) is 15.3. The Morgan fingerprint density at radius 2 is 1.75 bits per heavy atom. The van der Waals surface area contributed by atoms with Crippen LogP contribution in [0.3, 0.4) is 0 Å². The predicted molar refractivity (Wildman–Crippen MR) is 100 cm³/mol. The summed E-state index contributed by atoms with van der Waals surface area (Å²) in [5, 5.41) is 8.73. The molecule has 7 heteroatoms. The number of furan rings is 1. The smallest absolute Gasteiger partial charge is 0.375 e. The summed E-state index contributed by atoms with van der Waals surface area (Å²) in [6, 6.07) is 16.8. The van der Waals surface area contributed by atoms with Crippen molar-refractivity contribution >= 4 is 16.9 Å². The van der Waals surface area contributed by atoms with Crippen LogP contribution in [0.4, 0.5) is 0 Å². The summed E-state index contributed by atoms with van der Waals surface area (Å²) in [4.78, 5) is 12.6. The van der Waals surface area contributed by atoms with Crippen molar-refractivity contribution < 1.29 is 23.1 Å². The van der Waals surface area contributed by atoms with Gasteiger partial charge in [-0.25, -0.2) is 4.79 Å². The van der Waals surface area contributed by atoms with Crippen LogP contribution in [0.1, 0.15) is 28.9 Å². The van der Waals surface area contributed by atoms with E-state index in [1.807, 2.05) is 55.5 Å². The molecule has 0 saturated carbocycles. The highest BCUT2D eigenvalue weighted by Gasteiger charge is 2.22. The molecule has 0 N–H and O–H groups in total. The van der Waals surface area contributed by atoms with E-state index in [4.69, 9.17) is 18.3 Å². The van der Waals surface area contributed by atoms with Gasteiger partial charge in [0.05, 0.1) is 6.61 Å². The first-order valence-electron chi connectivity index (χ1n) is 8.89. The van der Waals surface area contributed by atoms with Crippen LogP contribution in [-0.4, -0.2) is 22.8 Å². The average molecular weight is 378 g/mol. The molecule has 142 valence electrons. The lowest BCUT2D eigenvalue weighted by atomic mass is 10.1. The van der Waals surface area contributed by atoms with Crippen LogP contribution in [0.25, 0.3) is 22.4 Å². The van der Waals surface area contributed by atoms with Gasteiger partial charge in [0.25, 0.3) is 5.89 Å². The zero-order chi connectivity index (χ0) is 19.3. The van der Waals surface area contributed by atoms with E-state index in [-0.39, 0.29) is 24.9 Å². The van der Waals surface area contributed by atoms with Gasteiger partial charge < -0.3 is 18.3 Å². The summed E-state index contributed by atoms with van der Waals surface area (Å²) in [5.74, 6) is 0.0879. The van der Waals surface area contributed by atoms with E-state index < -0.39 is 5.97 Å². The molecule has 0 atom stereocenters. The molecule has 0 unspecified atom stereocenters. The molecule has 0 fully saturated rings. The first-order valence-corrected chi connectivity index (χ1v) is 8.89. The third-order valence-electron chi connectivity index (χ3n) is 4.15. The van der Waals surface area contributed by atoms with Crippen LogP contribution in [0.15, 0.2) is 63.4 Å². The number of hydrogen-bond acceptors (Lipinski definition) is 7. The largest absolute Gasteiger partial charge is 0.450 e. The predicted octanol–water partition coefficient (Wildman–Crippen LogP) is 4.38. The summed E-state index contributed by atoms with van der Waals surface area (Å²) in [6.45, 7) is 2.53. The fourth-order valence-corrected chi connectivity index (χ4v) is 2.81. The molecule has 2 aromatic carbocycles. The molecule has 0 aliphatic heterocycles. The second kappa shape index (κ2) is 8.06. The molecule has 0 spiro atoms. The van der Waals surface area contributed by atoms with Gasteiger partial charge in [-0.3, -0.25) is 0 Å². The molecule has 4 rings (SSSR count). The minimum Gasteiger partial charge on any atom is -0.450 e. The number of hydrogen-bond donors (Lipinski definition) is 0. The van der Waals surface area contributed by atoms with E-state index in [1.165, 1.54) is 0 Å². The van der Waals surface area contributed by atoms with Crippen LogP contribution < -0.4 is 0 Å². The van der Waals surface area contributed by atoms with Crippen LogP contribution in [0.5, 0.6) is 0 Å². The van der Waals surface area contributed by atoms with Gasteiger partial charge in [-0.2, -0.15) is 0 Å². The van der Waals surface area contributed by atoms with E-state index >= 15 is 0 Å². The Kier molecular flexibility index (Phi) is 5.16. The number of para-hydroxylation sites is 1. The third-order valence-corrected chi connectivity index (χ3v) is 4.15. The summed E-state index contributed by atoms with van der Waals surface area (Å²) in [7, 11) is 0. The Balaban J connectivity index is 1.50. The first kappa shape index (κ1) is 17.9. The minimum atomic E-state index is -0.606. The van der Waals surface area contributed by atoms with Crippen molar-refractivity contribution in [3.8, 4) is 11.5 Å². The first-order chi connectivity index (χ1) is 13.8. The fourth-order valence-electron chi connectivity index (χ4n) is 2.81. The normalized spacial score (nSPS) is 11.0. The standard InChI is InChI=1S/C21H18N2O5/c1-2-25-12-16-15-10-6-7-11-17(15)27-19(16)21(24)26-13-18-22-23-20(28-18)14-8-4-3-5-9-14/h3-11H,2,12-13H2,1H3. The van der Waals surface area contributed by atoms with Gasteiger partial charge in [0.15, 0.2) is 6.61 Å². The van der Waals surface area contributed by atoms with E-state index in [1.54, 1.807) is 6.07 Å². The number of carbonyl (C=O) groups is 1. The number of fused-ring (bicyclic) bond motifs is 1. The quantitative estimate of drug-likeness (QED) is 0.441. The Hall–Kier alpha value is -3.45. The van der Waals surface area contributed by atoms with Gasteiger partial charge in [-0.15, -0.1) is 10.2 Å². The molecule has 0 saturated heterocycles. The van der Waals surface area contributed by atoms with Gasteiger partial charge in [0.1, 0.15) is 5.58 Å². The van der Waals surface area contributed by atoms with E-state index in [2.05, 4.69) is 10.2 Å². The van der Waals surface area contributed by atoms with Gasteiger partial charge in [0.2, 0.25) is 11.7 Å². The monoisotopic (exact) mass is 378 g/mol. The average Bonchev–Trinajstić information content (AvgIpc) is 3.36. The maximum absolute atomic E-state index is 12.6. The summed E-state index contributed by atoms with van der Waals surface area (Å²) < 4.78 is 22.1. The van der Waals surface area contributed by atoms with Gasteiger partial charge >= 0.3 is 5.97 Å². The number of aromatic nitrogens is 2. The summed E-state index contributed by atoms with van der Waals surface area (Å²) in [6.07, 6.45) is 0. The molecule has 28 heavy (non-hydrogen) atoms. The summed E-state index contributed by atoms with van der Waals surface area (Å²) >= 11 is 0.